The molecule has 2 rings (SSSR count). The van der Waals surface area contributed by atoms with Gasteiger partial charge in [-0.2, -0.15) is 5.26 Å². The number of benzene rings is 2. The molecule has 90 valence electrons. The molecule has 0 fully saturated rings. The molecular weight excluding hydrogens is 238 g/mol. The summed E-state index contributed by atoms with van der Waals surface area (Å²) < 4.78 is 31.3. The van der Waals surface area contributed by atoms with Gasteiger partial charge in [0.25, 0.3) is 0 Å². The Labute approximate surface area is 102 Å². The number of nitrogens with zero attached hydrogens (tertiary/aromatic N) is 1. The fourth-order valence-electron chi connectivity index (χ4n) is 1.40. The lowest BCUT2D eigenvalue weighted by Crippen LogP contribution is -1.93. The van der Waals surface area contributed by atoms with Crippen LogP contribution in [0, 0.1) is 23.0 Å². The van der Waals surface area contributed by atoms with Crippen LogP contribution in [0.2, 0.25) is 0 Å². The van der Waals surface area contributed by atoms with Gasteiger partial charge in [-0.15, -0.1) is 0 Å². The fourth-order valence-corrected chi connectivity index (χ4v) is 1.40. The number of hydrogen-bond donors (Lipinski definition) is 1. The number of nitriles is 1. The van der Waals surface area contributed by atoms with Crippen molar-refractivity contribution in [3.63, 3.8) is 0 Å². The second-order valence-electron chi connectivity index (χ2n) is 3.54. The van der Waals surface area contributed by atoms with Crippen molar-refractivity contribution in [1.82, 2.24) is 0 Å². The fraction of sp³-hybridized carbons (Fsp3) is 0. The highest BCUT2D eigenvalue weighted by molar-refractivity contribution is 5.54. The van der Waals surface area contributed by atoms with Crippen LogP contribution in [0.1, 0.15) is 5.56 Å². The third kappa shape index (κ3) is 2.38. The van der Waals surface area contributed by atoms with E-state index >= 15 is 0 Å². The highest BCUT2D eigenvalue weighted by Crippen LogP contribution is 2.28. The van der Waals surface area contributed by atoms with Crippen molar-refractivity contribution in [2.75, 3.05) is 5.73 Å². The van der Waals surface area contributed by atoms with Crippen LogP contribution in [0.3, 0.4) is 0 Å². The number of anilines is 1. The molecule has 0 radical (unpaired) electrons. The first-order chi connectivity index (χ1) is 8.60. The van der Waals surface area contributed by atoms with Crippen LogP contribution in [0.15, 0.2) is 36.4 Å². The molecule has 2 N–H and O–H groups in total. The van der Waals surface area contributed by atoms with Crippen LogP contribution in [0.25, 0.3) is 0 Å². The molecule has 0 saturated carbocycles. The summed E-state index contributed by atoms with van der Waals surface area (Å²) in [6.45, 7) is 0. The maximum absolute atomic E-state index is 13.4. The molecule has 0 aliphatic carbocycles. The van der Waals surface area contributed by atoms with E-state index in [1.165, 1.54) is 18.2 Å². The van der Waals surface area contributed by atoms with Crippen molar-refractivity contribution < 1.29 is 13.5 Å². The molecule has 0 atom stereocenters. The molecule has 0 aliphatic rings. The Kier molecular flexibility index (Phi) is 3.11. The van der Waals surface area contributed by atoms with E-state index in [-0.39, 0.29) is 17.1 Å². The maximum Gasteiger partial charge on any atom is 0.168 e. The van der Waals surface area contributed by atoms with Crippen LogP contribution >= 0.6 is 0 Å². The first-order valence-electron chi connectivity index (χ1n) is 5.02. The van der Waals surface area contributed by atoms with Gasteiger partial charge in [0.1, 0.15) is 17.6 Å². The quantitative estimate of drug-likeness (QED) is 0.827. The van der Waals surface area contributed by atoms with E-state index in [9.17, 15) is 8.78 Å². The standard InChI is InChI=1S/C13H8F2N2O/c14-9-1-3-13(11(15)6-9)18-12-4-2-10(17)5-8(12)7-16/h1-6H,17H2. The molecule has 0 spiro atoms. The summed E-state index contributed by atoms with van der Waals surface area (Å²) in [5, 5.41) is 8.90. The molecule has 2 aromatic rings. The van der Waals surface area contributed by atoms with E-state index in [0.29, 0.717) is 11.8 Å². The second-order valence-corrected chi connectivity index (χ2v) is 3.54. The molecular formula is C13H8F2N2O. The SMILES string of the molecule is N#Cc1cc(N)ccc1Oc1ccc(F)cc1F. The smallest absolute Gasteiger partial charge is 0.168 e. The Bertz CT molecular complexity index is 635. The molecule has 2 aromatic carbocycles. The topological polar surface area (TPSA) is 59.0 Å². The van der Waals surface area contributed by atoms with Crippen molar-refractivity contribution in [3.05, 3.63) is 53.6 Å². The van der Waals surface area contributed by atoms with E-state index in [2.05, 4.69) is 0 Å². The Morgan fingerprint density at radius 2 is 1.78 bits per heavy atom. The third-order valence-electron chi connectivity index (χ3n) is 2.24. The van der Waals surface area contributed by atoms with Crippen LogP contribution in [-0.4, -0.2) is 0 Å². The molecule has 0 saturated heterocycles. The summed E-state index contributed by atoms with van der Waals surface area (Å²) in [6, 6.07) is 9.21. The zero-order chi connectivity index (χ0) is 13.1. The van der Waals surface area contributed by atoms with Crippen LogP contribution in [0.5, 0.6) is 11.5 Å². The lowest BCUT2D eigenvalue weighted by molar-refractivity contribution is 0.436. The molecule has 0 amide bonds. The van der Waals surface area contributed by atoms with E-state index in [0.717, 1.165) is 12.1 Å². The third-order valence-corrected chi connectivity index (χ3v) is 2.24. The minimum Gasteiger partial charge on any atom is -0.453 e. The summed E-state index contributed by atoms with van der Waals surface area (Å²) in [6.07, 6.45) is 0. The highest BCUT2D eigenvalue weighted by Gasteiger charge is 2.09. The summed E-state index contributed by atoms with van der Waals surface area (Å²) in [4.78, 5) is 0. The summed E-state index contributed by atoms with van der Waals surface area (Å²) >= 11 is 0. The van der Waals surface area contributed by atoms with Gasteiger partial charge in [0, 0.05) is 11.8 Å². The Morgan fingerprint density at radius 3 is 2.44 bits per heavy atom. The normalized spacial score (nSPS) is 9.83. The Balaban J connectivity index is 2.37. The minimum absolute atomic E-state index is 0.155. The Hall–Kier alpha value is -2.61. The highest BCUT2D eigenvalue weighted by atomic mass is 19.1. The van der Waals surface area contributed by atoms with E-state index in [1.807, 2.05) is 6.07 Å². The summed E-state index contributed by atoms with van der Waals surface area (Å²) in [5.74, 6) is -1.52. The summed E-state index contributed by atoms with van der Waals surface area (Å²) in [5.41, 5.74) is 6.10. The van der Waals surface area contributed by atoms with Crippen molar-refractivity contribution in [2.45, 2.75) is 0 Å². The zero-order valence-electron chi connectivity index (χ0n) is 9.15. The van der Waals surface area contributed by atoms with Gasteiger partial charge in [0.15, 0.2) is 11.6 Å². The molecule has 18 heavy (non-hydrogen) atoms. The van der Waals surface area contributed by atoms with Crippen molar-refractivity contribution in [1.29, 1.82) is 5.26 Å². The number of rotatable bonds is 2. The first-order valence-corrected chi connectivity index (χ1v) is 5.02. The van der Waals surface area contributed by atoms with Crippen LogP contribution < -0.4 is 10.5 Å². The monoisotopic (exact) mass is 246 g/mol. The van der Waals surface area contributed by atoms with E-state index in [4.69, 9.17) is 15.7 Å². The minimum atomic E-state index is -0.837. The Morgan fingerprint density at radius 1 is 1.06 bits per heavy atom. The lowest BCUT2D eigenvalue weighted by atomic mass is 10.2. The molecule has 0 unspecified atom stereocenters. The number of ether oxygens (including phenoxy) is 1. The number of hydrogen-bond acceptors (Lipinski definition) is 3. The average Bonchev–Trinajstić information content (AvgIpc) is 2.34. The maximum atomic E-state index is 13.4. The number of halogens is 2. The largest absolute Gasteiger partial charge is 0.453 e. The van der Waals surface area contributed by atoms with Gasteiger partial charge in [0.2, 0.25) is 0 Å². The second kappa shape index (κ2) is 4.72. The number of nitrogen functional groups attached to an aromatic ring is 1. The molecule has 3 nitrogen and oxygen atoms in total. The van der Waals surface area contributed by atoms with Crippen molar-refractivity contribution in [3.8, 4) is 17.6 Å². The number of nitrogens with two attached hydrogens (primary N) is 1. The zero-order valence-corrected chi connectivity index (χ0v) is 9.15. The van der Waals surface area contributed by atoms with Crippen molar-refractivity contribution in [2.24, 2.45) is 0 Å². The van der Waals surface area contributed by atoms with Gasteiger partial charge in [-0.3, -0.25) is 0 Å². The van der Waals surface area contributed by atoms with Gasteiger partial charge in [0.05, 0.1) is 5.56 Å². The summed E-state index contributed by atoms with van der Waals surface area (Å²) in [7, 11) is 0. The predicted molar refractivity (Wildman–Crippen MR) is 62.0 cm³/mol. The van der Waals surface area contributed by atoms with Gasteiger partial charge in [-0.1, -0.05) is 0 Å². The van der Waals surface area contributed by atoms with E-state index < -0.39 is 11.6 Å². The van der Waals surface area contributed by atoms with Gasteiger partial charge >= 0.3 is 0 Å². The molecule has 0 bridgehead atoms. The molecule has 5 heteroatoms. The van der Waals surface area contributed by atoms with Crippen LogP contribution in [0.4, 0.5) is 14.5 Å². The molecule has 0 aromatic heterocycles. The van der Waals surface area contributed by atoms with Crippen molar-refractivity contribution >= 4 is 5.69 Å². The molecule has 0 heterocycles. The predicted octanol–water partition coefficient (Wildman–Crippen LogP) is 3.21. The van der Waals surface area contributed by atoms with Crippen LogP contribution in [-0.2, 0) is 0 Å². The van der Waals surface area contributed by atoms with Gasteiger partial charge in [-0.05, 0) is 30.3 Å². The average molecular weight is 246 g/mol. The van der Waals surface area contributed by atoms with Gasteiger partial charge < -0.3 is 10.5 Å². The molecule has 0 aliphatic heterocycles. The first kappa shape index (κ1) is 11.9. The lowest BCUT2D eigenvalue weighted by Gasteiger charge is -2.08. The van der Waals surface area contributed by atoms with Gasteiger partial charge in [-0.25, -0.2) is 8.78 Å². The van der Waals surface area contributed by atoms with E-state index in [1.54, 1.807) is 0 Å².